The summed E-state index contributed by atoms with van der Waals surface area (Å²) >= 11 is 5.55. The molecular formula is C8H16ClNO2. The maximum Gasteiger partial charge on any atom is 0.303 e. The van der Waals surface area contributed by atoms with Crippen LogP contribution in [0.25, 0.3) is 0 Å². The van der Waals surface area contributed by atoms with E-state index in [2.05, 4.69) is 4.90 Å². The minimum Gasteiger partial charge on any atom is -0.481 e. The van der Waals surface area contributed by atoms with Gasteiger partial charge in [-0.1, -0.05) is 0 Å². The Labute approximate surface area is 78.3 Å². The van der Waals surface area contributed by atoms with Gasteiger partial charge in [-0.25, -0.2) is 0 Å². The number of alkyl halides is 1. The molecule has 72 valence electrons. The highest BCUT2D eigenvalue weighted by atomic mass is 35.5. The lowest BCUT2D eigenvalue weighted by molar-refractivity contribution is -0.137. The summed E-state index contributed by atoms with van der Waals surface area (Å²) in [5.41, 5.74) is 0. The van der Waals surface area contributed by atoms with E-state index in [4.69, 9.17) is 16.7 Å². The lowest BCUT2D eigenvalue weighted by Gasteiger charge is -2.22. The van der Waals surface area contributed by atoms with E-state index in [0.717, 1.165) is 6.54 Å². The number of halogens is 1. The standard InChI is InChI=1S/C8H16ClNO2/c1-7(3-4-8(11)12)10(2)6-5-9/h7H,3-6H2,1-2H3,(H,11,12). The Bertz CT molecular complexity index is 141. The summed E-state index contributed by atoms with van der Waals surface area (Å²) < 4.78 is 0. The average molecular weight is 194 g/mol. The molecule has 0 saturated heterocycles. The predicted octanol–water partition coefficient (Wildman–Crippen LogP) is 1.41. The van der Waals surface area contributed by atoms with Gasteiger partial charge in [0.05, 0.1) is 0 Å². The number of carboxylic acid groups (broad SMARTS) is 1. The van der Waals surface area contributed by atoms with Gasteiger partial charge in [0, 0.05) is 24.9 Å². The third-order valence-corrected chi connectivity index (χ3v) is 2.13. The van der Waals surface area contributed by atoms with Crippen LogP contribution >= 0.6 is 11.6 Å². The van der Waals surface area contributed by atoms with Crippen molar-refractivity contribution in [1.82, 2.24) is 4.90 Å². The van der Waals surface area contributed by atoms with Crippen LogP contribution in [0.1, 0.15) is 19.8 Å². The topological polar surface area (TPSA) is 40.5 Å². The van der Waals surface area contributed by atoms with Gasteiger partial charge < -0.3 is 10.0 Å². The van der Waals surface area contributed by atoms with E-state index >= 15 is 0 Å². The van der Waals surface area contributed by atoms with Crippen LogP contribution in [0, 0.1) is 0 Å². The Hall–Kier alpha value is -0.280. The van der Waals surface area contributed by atoms with Crippen molar-refractivity contribution in [3.8, 4) is 0 Å². The van der Waals surface area contributed by atoms with Crippen LogP contribution in [-0.2, 0) is 4.79 Å². The number of hydrogen-bond acceptors (Lipinski definition) is 2. The summed E-state index contributed by atoms with van der Waals surface area (Å²) in [5, 5.41) is 8.43. The lowest BCUT2D eigenvalue weighted by Crippen LogP contribution is -2.31. The fourth-order valence-corrected chi connectivity index (χ4v) is 1.17. The fourth-order valence-electron chi connectivity index (χ4n) is 0.906. The molecule has 0 fully saturated rings. The molecule has 3 nitrogen and oxygen atoms in total. The van der Waals surface area contributed by atoms with Crippen molar-refractivity contribution in [2.45, 2.75) is 25.8 Å². The van der Waals surface area contributed by atoms with Crippen LogP contribution in [0.2, 0.25) is 0 Å². The van der Waals surface area contributed by atoms with Gasteiger partial charge in [-0.15, -0.1) is 11.6 Å². The van der Waals surface area contributed by atoms with E-state index in [1.807, 2.05) is 14.0 Å². The minimum atomic E-state index is -0.735. The zero-order chi connectivity index (χ0) is 9.56. The Morgan fingerprint density at radius 1 is 1.67 bits per heavy atom. The van der Waals surface area contributed by atoms with Gasteiger partial charge in [0.25, 0.3) is 0 Å². The lowest BCUT2D eigenvalue weighted by atomic mass is 10.1. The molecule has 12 heavy (non-hydrogen) atoms. The highest BCUT2D eigenvalue weighted by Gasteiger charge is 2.09. The smallest absolute Gasteiger partial charge is 0.303 e. The van der Waals surface area contributed by atoms with Gasteiger partial charge in [-0.05, 0) is 20.4 Å². The van der Waals surface area contributed by atoms with Crippen molar-refractivity contribution >= 4 is 17.6 Å². The minimum absolute atomic E-state index is 0.230. The molecule has 1 N–H and O–H groups in total. The van der Waals surface area contributed by atoms with Gasteiger partial charge in [0.15, 0.2) is 0 Å². The molecule has 0 rings (SSSR count). The Kier molecular flexibility index (Phi) is 6.11. The van der Waals surface area contributed by atoms with Gasteiger partial charge in [0.2, 0.25) is 0 Å². The molecule has 0 bridgehead atoms. The number of carbonyl (C=O) groups is 1. The van der Waals surface area contributed by atoms with Crippen LogP contribution in [-0.4, -0.2) is 41.5 Å². The number of nitrogens with zero attached hydrogens (tertiary/aromatic N) is 1. The van der Waals surface area contributed by atoms with Gasteiger partial charge in [-0.3, -0.25) is 4.79 Å². The maximum atomic E-state index is 10.2. The summed E-state index contributed by atoms with van der Waals surface area (Å²) in [5.74, 6) is -0.144. The average Bonchev–Trinajstić information content (AvgIpc) is 2.00. The molecule has 0 aromatic heterocycles. The number of rotatable bonds is 6. The van der Waals surface area contributed by atoms with E-state index < -0.39 is 5.97 Å². The van der Waals surface area contributed by atoms with Crippen LogP contribution in [0.15, 0.2) is 0 Å². The number of carboxylic acids is 1. The zero-order valence-electron chi connectivity index (χ0n) is 7.59. The van der Waals surface area contributed by atoms with Crippen LogP contribution in [0.5, 0.6) is 0 Å². The molecule has 1 atom stereocenters. The van der Waals surface area contributed by atoms with Crippen LogP contribution in [0.3, 0.4) is 0 Å². The fraction of sp³-hybridized carbons (Fsp3) is 0.875. The Balaban J connectivity index is 3.55. The highest BCUT2D eigenvalue weighted by Crippen LogP contribution is 2.03. The first-order chi connectivity index (χ1) is 5.57. The first-order valence-electron chi connectivity index (χ1n) is 4.06. The number of hydrogen-bond donors (Lipinski definition) is 1. The summed E-state index contributed by atoms with van der Waals surface area (Å²) in [6, 6.07) is 0.292. The second kappa shape index (κ2) is 6.26. The maximum absolute atomic E-state index is 10.2. The molecule has 0 radical (unpaired) electrons. The van der Waals surface area contributed by atoms with Crippen molar-refractivity contribution < 1.29 is 9.90 Å². The predicted molar refractivity (Wildman–Crippen MR) is 49.7 cm³/mol. The van der Waals surface area contributed by atoms with E-state index in [0.29, 0.717) is 18.3 Å². The summed E-state index contributed by atoms with van der Waals surface area (Å²) in [6.07, 6.45) is 0.913. The molecular weight excluding hydrogens is 178 g/mol. The van der Waals surface area contributed by atoms with Gasteiger partial charge in [-0.2, -0.15) is 0 Å². The van der Waals surface area contributed by atoms with Crippen molar-refractivity contribution in [3.05, 3.63) is 0 Å². The zero-order valence-corrected chi connectivity index (χ0v) is 8.34. The summed E-state index contributed by atoms with van der Waals surface area (Å²) in [7, 11) is 1.95. The van der Waals surface area contributed by atoms with Crippen molar-refractivity contribution in [2.75, 3.05) is 19.5 Å². The van der Waals surface area contributed by atoms with E-state index in [9.17, 15) is 4.79 Å². The first-order valence-corrected chi connectivity index (χ1v) is 4.59. The molecule has 0 saturated carbocycles. The van der Waals surface area contributed by atoms with E-state index in [-0.39, 0.29) is 6.42 Å². The third-order valence-electron chi connectivity index (χ3n) is 1.97. The van der Waals surface area contributed by atoms with Gasteiger partial charge >= 0.3 is 5.97 Å². The van der Waals surface area contributed by atoms with E-state index in [1.54, 1.807) is 0 Å². The SMILES string of the molecule is CC(CCC(=O)O)N(C)CCCl. The molecule has 4 heteroatoms. The molecule has 0 spiro atoms. The van der Waals surface area contributed by atoms with Crippen LogP contribution in [0.4, 0.5) is 0 Å². The monoisotopic (exact) mass is 193 g/mol. The van der Waals surface area contributed by atoms with Crippen molar-refractivity contribution in [3.63, 3.8) is 0 Å². The Morgan fingerprint density at radius 3 is 2.67 bits per heavy atom. The van der Waals surface area contributed by atoms with Gasteiger partial charge in [0.1, 0.15) is 0 Å². The summed E-state index contributed by atoms with van der Waals surface area (Å²) in [4.78, 5) is 12.3. The molecule has 0 aliphatic carbocycles. The summed E-state index contributed by atoms with van der Waals surface area (Å²) in [6.45, 7) is 2.82. The second-order valence-corrected chi connectivity index (χ2v) is 3.33. The third kappa shape index (κ3) is 5.38. The second-order valence-electron chi connectivity index (χ2n) is 2.95. The normalized spacial score (nSPS) is 13.3. The van der Waals surface area contributed by atoms with Crippen molar-refractivity contribution in [2.24, 2.45) is 0 Å². The molecule has 0 aromatic carbocycles. The molecule has 0 aliphatic heterocycles. The molecule has 0 aliphatic rings. The first kappa shape index (κ1) is 11.7. The highest BCUT2D eigenvalue weighted by molar-refractivity contribution is 6.18. The van der Waals surface area contributed by atoms with Crippen molar-refractivity contribution in [1.29, 1.82) is 0 Å². The molecule has 0 amide bonds. The van der Waals surface area contributed by atoms with Crippen LogP contribution < -0.4 is 0 Å². The number of aliphatic carboxylic acids is 1. The molecule has 1 unspecified atom stereocenters. The Morgan fingerprint density at radius 2 is 2.25 bits per heavy atom. The largest absolute Gasteiger partial charge is 0.481 e. The molecule has 0 heterocycles. The quantitative estimate of drug-likeness (QED) is 0.649. The molecule has 0 aromatic rings. The van der Waals surface area contributed by atoms with E-state index in [1.165, 1.54) is 0 Å².